The van der Waals surface area contributed by atoms with Crippen LogP contribution in [-0.2, 0) is 0 Å². The Morgan fingerprint density at radius 2 is 1.21 bits per heavy atom. The zero-order valence-electron chi connectivity index (χ0n) is 18.8. The van der Waals surface area contributed by atoms with Crippen LogP contribution in [0, 0.1) is 5.92 Å². The highest BCUT2D eigenvalue weighted by Crippen LogP contribution is 2.63. The smallest absolute Gasteiger partial charge is 0.0169 e. The average Bonchev–Trinajstić information content (AvgIpc) is 3.28. The summed E-state index contributed by atoms with van der Waals surface area (Å²) in [6.07, 6.45) is 33.0. The predicted molar refractivity (Wildman–Crippen MR) is 129 cm³/mol. The quantitative estimate of drug-likeness (QED) is 0.320. The summed E-state index contributed by atoms with van der Waals surface area (Å²) >= 11 is 0. The molecule has 1 heteroatoms. The zero-order chi connectivity index (χ0) is 19.6. The topological polar surface area (TPSA) is 0 Å². The molecule has 28 heavy (non-hydrogen) atoms. The first-order valence-electron chi connectivity index (χ1n) is 12.7. The molecule has 0 amide bonds. The lowest BCUT2D eigenvalue weighted by Gasteiger charge is -2.41. The van der Waals surface area contributed by atoms with Crippen LogP contribution >= 0.6 is 7.92 Å². The van der Waals surface area contributed by atoms with E-state index in [1.807, 2.05) is 10.9 Å². The summed E-state index contributed by atoms with van der Waals surface area (Å²) in [5, 5.41) is 2.02. The van der Waals surface area contributed by atoms with Crippen LogP contribution in [0.15, 0.2) is 35.2 Å². The molecule has 0 radical (unpaired) electrons. The predicted octanol–water partition coefficient (Wildman–Crippen LogP) is 9.51. The monoisotopic (exact) mass is 400 g/mol. The Morgan fingerprint density at radius 1 is 0.714 bits per heavy atom. The standard InChI is InChI=1S/C27H45P/c1-3-5-21-26(23-15-13-14-16-23)27(22-6-4-2)28(24-17-9-7-10-18-24)25-19-11-8-12-20-25/h13-16,23-25H,3-12,17-22H2,1-2H3. The molecule has 0 atom stereocenters. The van der Waals surface area contributed by atoms with Crippen molar-refractivity contribution in [1.82, 2.24) is 0 Å². The van der Waals surface area contributed by atoms with E-state index in [0.717, 1.165) is 11.3 Å². The van der Waals surface area contributed by atoms with Gasteiger partial charge in [-0.1, -0.05) is 103 Å². The summed E-state index contributed by atoms with van der Waals surface area (Å²) < 4.78 is 0. The van der Waals surface area contributed by atoms with Crippen molar-refractivity contribution in [2.75, 3.05) is 0 Å². The van der Waals surface area contributed by atoms with Gasteiger partial charge in [0.05, 0.1) is 0 Å². The number of hydrogen-bond donors (Lipinski definition) is 0. The van der Waals surface area contributed by atoms with Crippen LogP contribution in [0.1, 0.15) is 117 Å². The number of unbranched alkanes of at least 4 members (excludes halogenated alkanes) is 2. The van der Waals surface area contributed by atoms with Crippen LogP contribution in [0.2, 0.25) is 0 Å². The molecule has 0 unspecified atom stereocenters. The summed E-state index contributed by atoms with van der Waals surface area (Å²) in [4.78, 5) is 0. The molecule has 3 aliphatic rings. The number of rotatable bonds is 10. The van der Waals surface area contributed by atoms with Gasteiger partial charge in [0.15, 0.2) is 0 Å². The van der Waals surface area contributed by atoms with Gasteiger partial charge in [0, 0.05) is 5.92 Å². The van der Waals surface area contributed by atoms with E-state index in [9.17, 15) is 0 Å². The van der Waals surface area contributed by atoms with Gasteiger partial charge in [-0.15, -0.1) is 0 Å². The minimum atomic E-state index is 0.0678. The molecule has 158 valence electrons. The molecule has 2 fully saturated rings. The highest BCUT2D eigenvalue weighted by atomic mass is 31.1. The van der Waals surface area contributed by atoms with E-state index in [1.54, 1.807) is 0 Å². The van der Waals surface area contributed by atoms with E-state index in [2.05, 4.69) is 38.2 Å². The largest absolute Gasteiger partial charge is 0.0736 e. The molecule has 0 spiro atoms. The van der Waals surface area contributed by atoms with Crippen molar-refractivity contribution in [3.8, 4) is 0 Å². The molecule has 3 aliphatic carbocycles. The fourth-order valence-electron chi connectivity index (χ4n) is 5.79. The summed E-state index contributed by atoms with van der Waals surface area (Å²) in [6.45, 7) is 4.76. The normalized spacial score (nSPS) is 23.0. The molecule has 2 saturated carbocycles. The molecular formula is C27H45P. The van der Waals surface area contributed by atoms with E-state index in [4.69, 9.17) is 0 Å². The van der Waals surface area contributed by atoms with Crippen LogP contribution in [0.3, 0.4) is 0 Å². The van der Waals surface area contributed by atoms with Crippen LogP contribution < -0.4 is 0 Å². The SMILES string of the molecule is CCCCC(=C(CCCC)P(C1CCCCC1)C1CCCCC1)C1C=CC=C1. The van der Waals surface area contributed by atoms with Gasteiger partial charge in [-0.3, -0.25) is 0 Å². The maximum atomic E-state index is 2.49. The van der Waals surface area contributed by atoms with E-state index in [0.29, 0.717) is 5.92 Å². The average molecular weight is 401 g/mol. The van der Waals surface area contributed by atoms with Gasteiger partial charge in [-0.25, -0.2) is 0 Å². The molecule has 0 aromatic carbocycles. The molecule has 0 aromatic heterocycles. The van der Waals surface area contributed by atoms with Gasteiger partial charge in [0.25, 0.3) is 0 Å². The fraction of sp³-hybridized carbons (Fsp3) is 0.778. The second-order valence-corrected chi connectivity index (χ2v) is 12.3. The highest BCUT2D eigenvalue weighted by molar-refractivity contribution is 7.63. The summed E-state index contributed by atoms with van der Waals surface area (Å²) in [7, 11) is 0.0678. The van der Waals surface area contributed by atoms with Gasteiger partial charge < -0.3 is 0 Å². The van der Waals surface area contributed by atoms with E-state index in [-0.39, 0.29) is 7.92 Å². The van der Waals surface area contributed by atoms with Crippen LogP contribution in [0.25, 0.3) is 0 Å². The molecule has 0 saturated heterocycles. The van der Waals surface area contributed by atoms with Crippen molar-refractivity contribution in [1.29, 1.82) is 0 Å². The Kier molecular flexibility index (Phi) is 9.87. The van der Waals surface area contributed by atoms with Crippen molar-refractivity contribution in [3.63, 3.8) is 0 Å². The van der Waals surface area contributed by atoms with E-state index < -0.39 is 0 Å². The molecule has 3 rings (SSSR count). The first kappa shape index (κ1) is 22.3. The van der Waals surface area contributed by atoms with Gasteiger partial charge in [0.1, 0.15) is 0 Å². The molecule has 0 aliphatic heterocycles. The Morgan fingerprint density at radius 3 is 1.71 bits per heavy atom. The summed E-state index contributed by atoms with van der Waals surface area (Å²) in [5.41, 5.74) is 3.97. The summed E-state index contributed by atoms with van der Waals surface area (Å²) in [5.74, 6) is 0.621. The molecule has 0 aromatic rings. The second kappa shape index (κ2) is 12.4. The fourth-order valence-corrected chi connectivity index (χ4v) is 10.1. The Labute approximate surface area is 177 Å². The van der Waals surface area contributed by atoms with E-state index in [1.165, 1.54) is 103 Å². The van der Waals surface area contributed by atoms with Gasteiger partial charge >= 0.3 is 0 Å². The van der Waals surface area contributed by atoms with Crippen LogP contribution in [0.4, 0.5) is 0 Å². The Hall–Kier alpha value is -0.350. The third-order valence-corrected chi connectivity index (χ3v) is 11.1. The first-order valence-corrected chi connectivity index (χ1v) is 14.2. The minimum absolute atomic E-state index is 0.0678. The third-order valence-electron chi connectivity index (χ3n) is 7.34. The lowest BCUT2D eigenvalue weighted by Crippen LogP contribution is -2.22. The minimum Gasteiger partial charge on any atom is -0.0736 e. The lowest BCUT2D eigenvalue weighted by molar-refractivity contribution is 0.485. The van der Waals surface area contributed by atoms with Gasteiger partial charge in [0.2, 0.25) is 0 Å². The van der Waals surface area contributed by atoms with Crippen LogP contribution in [0.5, 0.6) is 0 Å². The number of hydrogen-bond acceptors (Lipinski definition) is 0. The second-order valence-electron chi connectivity index (χ2n) is 9.47. The maximum Gasteiger partial charge on any atom is 0.0169 e. The molecular weight excluding hydrogens is 355 g/mol. The third kappa shape index (κ3) is 6.08. The number of allylic oxidation sites excluding steroid dienone is 6. The molecule has 0 bridgehead atoms. The molecule has 0 nitrogen and oxygen atoms in total. The van der Waals surface area contributed by atoms with Gasteiger partial charge in [-0.2, -0.15) is 0 Å². The lowest BCUT2D eigenvalue weighted by atomic mass is 9.94. The molecule has 0 heterocycles. The Bertz CT molecular complexity index is 498. The summed E-state index contributed by atoms with van der Waals surface area (Å²) in [6, 6.07) is 0. The highest BCUT2D eigenvalue weighted by Gasteiger charge is 2.35. The van der Waals surface area contributed by atoms with Crippen molar-refractivity contribution >= 4 is 7.92 Å². The van der Waals surface area contributed by atoms with Crippen molar-refractivity contribution in [2.45, 2.75) is 128 Å². The first-order chi connectivity index (χ1) is 13.8. The van der Waals surface area contributed by atoms with Crippen molar-refractivity contribution in [3.05, 3.63) is 35.2 Å². The maximum absolute atomic E-state index is 2.49. The zero-order valence-corrected chi connectivity index (χ0v) is 19.7. The van der Waals surface area contributed by atoms with E-state index >= 15 is 0 Å². The van der Waals surface area contributed by atoms with Gasteiger partial charge in [-0.05, 0) is 68.0 Å². The van der Waals surface area contributed by atoms with Crippen molar-refractivity contribution < 1.29 is 0 Å². The van der Waals surface area contributed by atoms with Crippen LogP contribution in [-0.4, -0.2) is 11.3 Å². The molecule has 0 N–H and O–H groups in total. The van der Waals surface area contributed by atoms with Crippen molar-refractivity contribution in [2.24, 2.45) is 5.92 Å². The Balaban J connectivity index is 1.98.